The Balaban J connectivity index is 2.13. The van der Waals surface area contributed by atoms with Gasteiger partial charge in [-0.15, -0.1) is 0 Å². The summed E-state index contributed by atoms with van der Waals surface area (Å²) in [5, 5.41) is 18.0. The number of phenolic OH excluding ortho intramolecular Hbond substituents is 1. The van der Waals surface area contributed by atoms with Crippen LogP contribution in [0.1, 0.15) is 24.0 Å². The fourth-order valence-electron chi connectivity index (χ4n) is 2.24. The lowest BCUT2D eigenvalue weighted by Gasteiger charge is -2.23. The molecule has 0 radical (unpaired) electrons. The van der Waals surface area contributed by atoms with Crippen LogP contribution in [0, 0.1) is 5.92 Å². The molecule has 3 heteroatoms. The van der Waals surface area contributed by atoms with Gasteiger partial charge in [0.05, 0.1) is 0 Å². The van der Waals surface area contributed by atoms with Crippen molar-refractivity contribution >= 4 is 5.97 Å². The van der Waals surface area contributed by atoms with Crippen molar-refractivity contribution < 1.29 is 15.0 Å². The van der Waals surface area contributed by atoms with E-state index in [-0.39, 0.29) is 12.3 Å². The minimum Gasteiger partial charge on any atom is -0.508 e. The number of hydrogen-bond acceptors (Lipinski definition) is 2. The second-order valence-electron chi connectivity index (χ2n) is 4.16. The van der Waals surface area contributed by atoms with E-state index in [9.17, 15) is 9.90 Å². The molecule has 0 aliphatic heterocycles. The number of hydrogen-bond donors (Lipinski definition) is 2. The lowest BCUT2D eigenvalue weighted by Crippen LogP contribution is -2.17. The van der Waals surface area contributed by atoms with Gasteiger partial charge in [0.15, 0.2) is 0 Å². The Morgan fingerprint density at radius 1 is 1.40 bits per heavy atom. The zero-order valence-electron chi connectivity index (χ0n) is 8.44. The SMILES string of the molecule is O=C(O)C[C@@H]1CCc2cc(O)ccc2C1. The van der Waals surface area contributed by atoms with E-state index >= 15 is 0 Å². The van der Waals surface area contributed by atoms with Crippen molar-refractivity contribution in [3.05, 3.63) is 29.3 Å². The Morgan fingerprint density at radius 3 is 2.93 bits per heavy atom. The molecule has 1 aliphatic rings. The van der Waals surface area contributed by atoms with Crippen LogP contribution in [0.15, 0.2) is 18.2 Å². The normalized spacial score (nSPS) is 19.6. The van der Waals surface area contributed by atoms with Gasteiger partial charge in [0, 0.05) is 6.42 Å². The minimum absolute atomic E-state index is 0.250. The first-order valence-electron chi connectivity index (χ1n) is 5.17. The molecule has 0 saturated carbocycles. The summed E-state index contributed by atoms with van der Waals surface area (Å²) < 4.78 is 0. The molecule has 0 amide bonds. The number of carboxylic acid groups (broad SMARTS) is 1. The Morgan fingerprint density at radius 2 is 2.20 bits per heavy atom. The molecular weight excluding hydrogens is 192 g/mol. The number of aliphatic carboxylic acids is 1. The molecule has 0 fully saturated rings. The van der Waals surface area contributed by atoms with E-state index in [4.69, 9.17) is 5.11 Å². The Labute approximate surface area is 88.4 Å². The van der Waals surface area contributed by atoms with Crippen LogP contribution in [-0.2, 0) is 17.6 Å². The number of aryl methyl sites for hydroxylation is 1. The Bertz CT molecular complexity index is 384. The highest BCUT2D eigenvalue weighted by atomic mass is 16.4. The molecular formula is C12H14O3. The van der Waals surface area contributed by atoms with Crippen LogP contribution in [0.25, 0.3) is 0 Å². The quantitative estimate of drug-likeness (QED) is 0.777. The van der Waals surface area contributed by atoms with Gasteiger partial charge in [-0.25, -0.2) is 0 Å². The summed E-state index contributed by atoms with van der Waals surface area (Å²) in [7, 11) is 0. The molecule has 2 rings (SSSR count). The average molecular weight is 206 g/mol. The average Bonchev–Trinajstić information content (AvgIpc) is 2.17. The van der Waals surface area contributed by atoms with E-state index in [0.717, 1.165) is 24.8 Å². The maximum absolute atomic E-state index is 10.6. The van der Waals surface area contributed by atoms with Gasteiger partial charge in [-0.2, -0.15) is 0 Å². The summed E-state index contributed by atoms with van der Waals surface area (Å²) >= 11 is 0. The first-order valence-corrected chi connectivity index (χ1v) is 5.17. The largest absolute Gasteiger partial charge is 0.508 e. The smallest absolute Gasteiger partial charge is 0.303 e. The van der Waals surface area contributed by atoms with Crippen LogP contribution >= 0.6 is 0 Å². The maximum Gasteiger partial charge on any atom is 0.303 e. The van der Waals surface area contributed by atoms with Crippen LogP contribution in [-0.4, -0.2) is 16.2 Å². The summed E-state index contributed by atoms with van der Waals surface area (Å²) in [6.07, 6.45) is 2.85. The van der Waals surface area contributed by atoms with Gasteiger partial charge < -0.3 is 10.2 Å². The van der Waals surface area contributed by atoms with Crippen LogP contribution < -0.4 is 0 Å². The van der Waals surface area contributed by atoms with Crippen molar-refractivity contribution in [3.8, 4) is 5.75 Å². The summed E-state index contributed by atoms with van der Waals surface area (Å²) in [5.74, 6) is -0.174. The first kappa shape index (κ1) is 10.0. The third kappa shape index (κ3) is 2.29. The van der Waals surface area contributed by atoms with Gasteiger partial charge in [0.2, 0.25) is 0 Å². The highest BCUT2D eigenvalue weighted by Gasteiger charge is 2.20. The van der Waals surface area contributed by atoms with Crippen molar-refractivity contribution in [2.75, 3.05) is 0 Å². The lowest BCUT2D eigenvalue weighted by molar-refractivity contribution is -0.138. The Hall–Kier alpha value is -1.51. The monoisotopic (exact) mass is 206 g/mol. The van der Waals surface area contributed by atoms with Gasteiger partial charge >= 0.3 is 5.97 Å². The van der Waals surface area contributed by atoms with Crippen LogP contribution in [0.5, 0.6) is 5.75 Å². The van der Waals surface area contributed by atoms with E-state index in [1.807, 2.05) is 6.07 Å². The predicted octanol–water partition coefficient (Wildman–Crippen LogP) is 1.97. The van der Waals surface area contributed by atoms with E-state index in [0.29, 0.717) is 5.75 Å². The van der Waals surface area contributed by atoms with Crippen molar-refractivity contribution in [3.63, 3.8) is 0 Å². The number of rotatable bonds is 2. The summed E-state index contributed by atoms with van der Waals surface area (Å²) in [4.78, 5) is 10.6. The zero-order chi connectivity index (χ0) is 10.8. The van der Waals surface area contributed by atoms with E-state index in [1.165, 1.54) is 5.56 Å². The molecule has 1 atom stereocenters. The first-order chi connectivity index (χ1) is 7.15. The van der Waals surface area contributed by atoms with Gasteiger partial charge in [0.25, 0.3) is 0 Å². The van der Waals surface area contributed by atoms with Crippen molar-refractivity contribution in [2.45, 2.75) is 25.7 Å². The molecule has 1 aromatic rings. The molecule has 0 spiro atoms. The second kappa shape index (κ2) is 3.93. The Kier molecular flexibility index (Phi) is 2.62. The molecule has 15 heavy (non-hydrogen) atoms. The number of benzene rings is 1. The van der Waals surface area contributed by atoms with Crippen molar-refractivity contribution in [1.29, 1.82) is 0 Å². The third-order valence-corrected chi connectivity index (χ3v) is 2.98. The van der Waals surface area contributed by atoms with E-state index in [1.54, 1.807) is 12.1 Å². The maximum atomic E-state index is 10.6. The molecule has 1 aliphatic carbocycles. The number of aromatic hydroxyl groups is 1. The van der Waals surface area contributed by atoms with Crippen molar-refractivity contribution in [1.82, 2.24) is 0 Å². The molecule has 0 unspecified atom stereocenters. The van der Waals surface area contributed by atoms with Gasteiger partial charge in [0.1, 0.15) is 5.75 Å². The number of phenols is 1. The molecule has 0 bridgehead atoms. The highest BCUT2D eigenvalue weighted by molar-refractivity contribution is 5.67. The van der Waals surface area contributed by atoms with E-state index < -0.39 is 5.97 Å². The fraction of sp³-hybridized carbons (Fsp3) is 0.417. The summed E-state index contributed by atoms with van der Waals surface area (Å²) in [6, 6.07) is 5.35. The molecule has 1 aromatic carbocycles. The van der Waals surface area contributed by atoms with Gasteiger partial charge in [-0.05, 0) is 48.4 Å². The standard InChI is InChI=1S/C12H14O3/c13-11-4-3-9-5-8(6-12(14)15)1-2-10(9)7-11/h3-4,7-8,13H,1-2,5-6H2,(H,14,15)/t8-/m1/s1. The highest BCUT2D eigenvalue weighted by Crippen LogP contribution is 2.29. The van der Waals surface area contributed by atoms with Gasteiger partial charge in [-0.3, -0.25) is 4.79 Å². The number of carboxylic acids is 1. The summed E-state index contributed by atoms with van der Waals surface area (Å²) in [5.41, 5.74) is 2.35. The molecule has 0 aromatic heterocycles. The fourth-order valence-corrected chi connectivity index (χ4v) is 2.24. The predicted molar refractivity (Wildman–Crippen MR) is 55.9 cm³/mol. The third-order valence-electron chi connectivity index (χ3n) is 2.98. The number of carbonyl (C=O) groups is 1. The topological polar surface area (TPSA) is 57.5 Å². The summed E-state index contributed by atoms with van der Waals surface area (Å²) in [6.45, 7) is 0. The molecule has 80 valence electrons. The van der Waals surface area contributed by atoms with Crippen LogP contribution in [0.3, 0.4) is 0 Å². The van der Waals surface area contributed by atoms with Crippen LogP contribution in [0.4, 0.5) is 0 Å². The minimum atomic E-state index is -0.720. The van der Waals surface area contributed by atoms with Crippen LogP contribution in [0.2, 0.25) is 0 Å². The zero-order valence-corrected chi connectivity index (χ0v) is 8.44. The molecule has 3 nitrogen and oxygen atoms in total. The second-order valence-corrected chi connectivity index (χ2v) is 4.16. The molecule has 2 N–H and O–H groups in total. The van der Waals surface area contributed by atoms with Crippen molar-refractivity contribution in [2.24, 2.45) is 5.92 Å². The van der Waals surface area contributed by atoms with Gasteiger partial charge in [-0.1, -0.05) is 6.07 Å². The molecule has 0 heterocycles. The number of fused-ring (bicyclic) bond motifs is 1. The van der Waals surface area contributed by atoms with E-state index in [2.05, 4.69) is 0 Å². The lowest BCUT2D eigenvalue weighted by atomic mass is 9.82. The molecule has 0 saturated heterocycles.